The second-order valence-corrected chi connectivity index (χ2v) is 7.21. The van der Waals surface area contributed by atoms with Gasteiger partial charge >= 0.3 is 6.03 Å². The van der Waals surface area contributed by atoms with Gasteiger partial charge in [-0.05, 0) is 25.5 Å². The van der Waals surface area contributed by atoms with Crippen molar-refractivity contribution in [3.05, 3.63) is 24.2 Å². The number of amides is 3. The first-order valence-electron chi connectivity index (χ1n) is 9.87. The van der Waals surface area contributed by atoms with Gasteiger partial charge in [0.15, 0.2) is 0 Å². The third-order valence-electron chi connectivity index (χ3n) is 5.25. The van der Waals surface area contributed by atoms with Crippen LogP contribution in [0, 0.1) is 5.92 Å². The van der Waals surface area contributed by atoms with Crippen LogP contribution in [0.25, 0.3) is 0 Å². The lowest BCUT2D eigenvalue weighted by Crippen LogP contribution is -2.55. The molecule has 3 atom stereocenters. The molecule has 1 aromatic heterocycles. The summed E-state index contributed by atoms with van der Waals surface area (Å²) >= 11 is 0. The predicted octanol–water partition coefficient (Wildman–Crippen LogP) is 0.321. The van der Waals surface area contributed by atoms with Crippen LogP contribution in [0.15, 0.2) is 22.8 Å². The predicted molar refractivity (Wildman–Crippen MR) is 102 cm³/mol. The zero-order valence-electron chi connectivity index (χ0n) is 16.3. The summed E-state index contributed by atoms with van der Waals surface area (Å²) in [4.78, 5) is 26.8. The van der Waals surface area contributed by atoms with Crippen molar-refractivity contribution in [2.45, 2.75) is 32.0 Å². The Kier molecular flexibility index (Phi) is 7.70. The average Bonchev–Trinajstić information content (AvgIpc) is 3.41. The summed E-state index contributed by atoms with van der Waals surface area (Å²) in [7, 11) is 0. The molecular formula is C19H30N4O5. The lowest BCUT2D eigenvalue weighted by molar-refractivity contribution is -0.122. The number of nitrogens with one attached hydrogen (secondary N) is 3. The molecule has 3 unspecified atom stereocenters. The van der Waals surface area contributed by atoms with E-state index < -0.39 is 6.04 Å². The Morgan fingerprint density at radius 1 is 1.21 bits per heavy atom. The van der Waals surface area contributed by atoms with Gasteiger partial charge in [-0.1, -0.05) is 0 Å². The monoisotopic (exact) mass is 394 g/mol. The molecule has 2 aliphatic rings. The summed E-state index contributed by atoms with van der Waals surface area (Å²) in [6, 6.07) is 2.75. The number of hydrogen-bond donors (Lipinski definition) is 3. The first-order chi connectivity index (χ1) is 13.6. The number of ether oxygens (including phenoxy) is 2. The molecule has 9 heteroatoms. The molecule has 2 fully saturated rings. The Morgan fingerprint density at radius 3 is 2.71 bits per heavy atom. The van der Waals surface area contributed by atoms with E-state index in [1.165, 1.54) is 0 Å². The second kappa shape index (κ2) is 10.4. The Hall–Kier alpha value is -2.10. The Balaban J connectivity index is 1.43. The van der Waals surface area contributed by atoms with E-state index in [-0.39, 0.29) is 18.0 Å². The highest BCUT2D eigenvalue weighted by Gasteiger charge is 2.32. The summed E-state index contributed by atoms with van der Waals surface area (Å²) < 4.78 is 16.2. The van der Waals surface area contributed by atoms with Gasteiger partial charge in [0.1, 0.15) is 11.8 Å². The number of morpholine rings is 1. The zero-order valence-corrected chi connectivity index (χ0v) is 16.3. The molecule has 0 aromatic carbocycles. The molecule has 0 aliphatic carbocycles. The van der Waals surface area contributed by atoms with Crippen LogP contribution in [-0.2, 0) is 20.8 Å². The van der Waals surface area contributed by atoms with Crippen molar-refractivity contribution in [3.8, 4) is 0 Å². The molecule has 3 amide bonds. The van der Waals surface area contributed by atoms with Crippen molar-refractivity contribution in [3.63, 3.8) is 0 Å². The van der Waals surface area contributed by atoms with Crippen molar-refractivity contribution in [2.75, 3.05) is 46.1 Å². The topological polar surface area (TPSA) is 105 Å². The van der Waals surface area contributed by atoms with E-state index in [1.807, 2.05) is 0 Å². The minimum absolute atomic E-state index is 0.209. The maximum Gasteiger partial charge on any atom is 0.315 e. The Labute approximate surface area is 165 Å². The van der Waals surface area contributed by atoms with Gasteiger partial charge in [-0.15, -0.1) is 0 Å². The molecule has 0 spiro atoms. The third-order valence-corrected chi connectivity index (χ3v) is 5.25. The van der Waals surface area contributed by atoms with Gasteiger partial charge in [0.2, 0.25) is 5.91 Å². The molecule has 2 aliphatic heterocycles. The smallest absolute Gasteiger partial charge is 0.315 e. The van der Waals surface area contributed by atoms with Crippen LogP contribution in [-0.4, -0.2) is 75.0 Å². The summed E-state index contributed by atoms with van der Waals surface area (Å²) in [5.74, 6) is 0.796. The minimum atomic E-state index is -0.647. The second-order valence-electron chi connectivity index (χ2n) is 7.21. The lowest BCUT2D eigenvalue weighted by atomic mass is 9.97. The lowest BCUT2D eigenvalue weighted by Gasteiger charge is -2.37. The summed E-state index contributed by atoms with van der Waals surface area (Å²) in [6.07, 6.45) is 2.55. The van der Waals surface area contributed by atoms with Crippen LogP contribution in [0.2, 0.25) is 0 Å². The van der Waals surface area contributed by atoms with Gasteiger partial charge in [0.05, 0.1) is 32.6 Å². The van der Waals surface area contributed by atoms with Gasteiger partial charge in [0.25, 0.3) is 0 Å². The number of furan rings is 1. The summed E-state index contributed by atoms with van der Waals surface area (Å²) in [5.41, 5.74) is 0. The maximum absolute atomic E-state index is 12.3. The SMILES string of the molecule is CC(NC(=O)NCC(C1CCOC1)N1CCOCC1)C(=O)NCc1ccco1. The molecule has 1 aromatic rings. The fraction of sp³-hybridized carbons (Fsp3) is 0.684. The Morgan fingerprint density at radius 2 is 2.04 bits per heavy atom. The van der Waals surface area contributed by atoms with Crippen molar-refractivity contribution in [1.29, 1.82) is 0 Å². The molecule has 156 valence electrons. The van der Waals surface area contributed by atoms with E-state index in [9.17, 15) is 9.59 Å². The standard InChI is InChI=1S/C19H30N4O5/c1-14(18(24)20-11-16-3-2-7-28-16)22-19(25)21-12-17(15-4-8-27-13-15)23-5-9-26-10-6-23/h2-3,7,14-15,17H,4-6,8-13H2,1H3,(H,20,24)(H2,21,22,25). The fourth-order valence-corrected chi connectivity index (χ4v) is 3.61. The summed E-state index contributed by atoms with van der Waals surface area (Å²) in [6.45, 7) is 7.09. The van der Waals surface area contributed by atoms with Gasteiger partial charge in [-0.2, -0.15) is 0 Å². The number of urea groups is 1. The first-order valence-corrected chi connectivity index (χ1v) is 9.87. The number of carbonyl (C=O) groups excluding carboxylic acids is 2. The van der Waals surface area contributed by atoms with E-state index >= 15 is 0 Å². The van der Waals surface area contributed by atoms with Gasteiger partial charge in [-0.3, -0.25) is 9.69 Å². The Bertz CT molecular complexity index is 612. The molecule has 3 rings (SSSR count). The molecule has 0 bridgehead atoms. The molecule has 9 nitrogen and oxygen atoms in total. The largest absolute Gasteiger partial charge is 0.467 e. The zero-order chi connectivity index (χ0) is 19.8. The average molecular weight is 394 g/mol. The van der Waals surface area contributed by atoms with Crippen molar-refractivity contribution in [1.82, 2.24) is 20.9 Å². The molecule has 3 N–H and O–H groups in total. The molecule has 0 radical (unpaired) electrons. The van der Waals surface area contributed by atoms with Crippen LogP contribution in [0.3, 0.4) is 0 Å². The van der Waals surface area contributed by atoms with Crippen molar-refractivity contribution < 1.29 is 23.5 Å². The molecule has 28 heavy (non-hydrogen) atoms. The van der Waals surface area contributed by atoms with Crippen molar-refractivity contribution >= 4 is 11.9 Å². The minimum Gasteiger partial charge on any atom is -0.467 e. The van der Waals surface area contributed by atoms with E-state index in [0.29, 0.717) is 38.0 Å². The quantitative estimate of drug-likeness (QED) is 0.587. The van der Waals surface area contributed by atoms with Crippen LogP contribution >= 0.6 is 0 Å². The van der Waals surface area contributed by atoms with E-state index in [0.717, 1.165) is 32.7 Å². The fourth-order valence-electron chi connectivity index (χ4n) is 3.61. The van der Waals surface area contributed by atoms with E-state index in [4.69, 9.17) is 13.9 Å². The molecule has 3 heterocycles. The molecular weight excluding hydrogens is 364 g/mol. The highest BCUT2D eigenvalue weighted by atomic mass is 16.5. The van der Waals surface area contributed by atoms with E-state index in [2.05, 4.69) is 20.9 Å². The highest BCUT2D eigenvalue weighted by Crippen LogP contribution is 2.21. The van der Waals surface area contributed by atoms with Crippen LogP contribution in [0.4, 0.5) is 4.79 Å². The molecule has 0 saturated carbocycles. The normalized spacial score (nSPS) is 22.4. The highest BCUT2D eigenvalue weighted by molar-refractivity contribution is 5.86. The first kappa shape index (κ1) is 20.6. The summed E-state index contributed by atoms with van der Waals surface area (Å²) in [5, 5.41) is 8.35. The number of hydrogen-bond acceptors (Lipinski definition) is 6. The number of rotatable bonds is 8. The third kappa shape index (κ3) is 5.95. The molecule has 2 saturated heterocycles. The van der Waals surface area contributed by atoms with Crippen LogP contribution < -0.4 is 16.0 Å². The van der Waals surface area contributed by atoms with Gasteiger partial charge in [0, 0.05) is 38.2 Å². The maximum atomic E-state index is 12.3. The van der Waals surface area contributed by atoms with Crippen molar-refractivity contribution in [2.24, 2.45) is 5.92 Å². The van der Waals surface area contributed by atoms with Gasteiger partial charge in [-0.25, -0.2) is 4.79 Å². The van der Waals surface area contributed by atoms with Crippen LogP contribution in [0.1, 0.15) is 19.1 Å². The van der Waals surface area contributed by atoms with Gasteiger partial charge < -0.3 is 29.8 Å². The van der Waals surface area contributed by atoms with Crippen LogP contribution in [0.5, 0.6) is 0 Å². The number of carbonyl (C=O) groups is 2. The number of nitrogens with zero attached hydrogens (tertiary/aromatic N) is 1. The van der Waals surface area contributed by atoms with E-state index in [1.54, 1.807) is 25.3 Å².